The van der Waals surface area contributed by atoms with Crippen LogP contribution in [0.15, 0.2) is 0 Å². The maximum absolute atomic E-state index is 6.02. The molecule has 0 saturated heterocycles. The van der Waals surface area contributed by atoms with Gasteiger partial charge in [-0.05, 0) is 19.3 Å². The van der Waals surface area contributed by atoms with Crippen LogP contribution in [0.2, 0.25) is 0 Å². The molecule has 1 fully saturated rings. The fourth-order valence-electron chi connectivity index (χ4n) is 2.74. The Morgan fingerprint density at radius 2 is 1.85 bits per heavy atom. The minimum absolute atomic E-state index is 0.0797. The smallest absolute Gasteiger partial charge is 0.138 e. The zero-order valence-corrected chi connectivity index (χ0v) is 13.3. The Labute approximate surface area is 122 Å². The molecule has 20 heavy (non-hydrogen) atoms. The molecule has 1 aliphatic carbocycles. The van der Waals surface area contributed by atoms with Gasteiger partial charge in [0.2, 0.25) is 0 Å². The maximum Gasteiger partial charge on any atom is 0.138 e. The first kappa shape index (κ1) is 15.1. The van der Waals surface area contributed by atoms with Gasteiger partial charge in [0.15, 0.2) is 0 Å². The lowest BCUT2D eigenvalue weighted by molar-refractivity contribution is 0.517. The third kappa shape index (κ3) is 3.62. The molecule has 2 rings (SSSR count). The van der Waals surface area contributed by atoms with Gasteiger partial charge in [-0.1, -0.05) is 46.5 Å². The fourth-order valence-corrected chi connectivity index (χ4v) is 2.74. The van der Waals surface area contributed by atoms with Crippen LogP contribution in [0.3, 0.4) is 0 Å². The van der Waals surface area contributed by atoms with Gasteiger partial charge in [-0.3, -0.25) is 0 Å². The molecule has 0 radical (unpaired) electrons. The van der Waals surface area contributed by atoms with Gasteiger partial charge in [-0.2, -0.15) is 0 Å². The van der Waals surface area contributed by atoms with Gasteiger partial charge in [-0.15, -0.1) is 0 Å². The molecule has 0 amide bonds. The average molecular weight is 276 g/mol. The van der Waals surface area contributed by atoms with E-state index in [0.717, 1.165) is 29.7 Å². The van der Waals surface area contributed by atoms with Crippen molar-refractivity contribution in [3.05, 3.63) is 11.4 Å². The molecule has 1 aromatic heterocycles. The first-order chi connectivity index (χ1) is 9.38. The van der Waals surface area contributed by atoms with E-state index >= 15 is 0 Å². The minimum atomic E-state index is -0.0797. The molecule has 1 heterocycles. The third-order valence-electron chi connectivity index (χ3n) is 4.17. The number of nitrogens with two attached hydrogens (primary N) is 1. The molecule has 1 saturated carbocycles. The second kappa shape index (κ2) is 5.98. The van der Waals surface area contributed by atoms with E-state index in [9.17, 15) is 0 Å². The first-order valence-corrected chi connectivity index (χ1v) is 7.76. The van der Waals surface area contributed by atoms with E-state index in [-0.39, 0.29) is 5.41 Å². The largest absolute Gasteiger partial charge is 0.383 e. The molecule has 1 aromatic rings. The summed E-state index contributed by atoms with van der Waals surface area (Å²) >= 11 is 0. The lowest BCUT2D eigenvalue weighted by Crippen LogP contribution is -2.20. The maximum atomic E-state index is 6.02. The quantitative estimate of drug-likeness (QED) is 0.881. The molecule has 0 spiro atoms. The molecule has 0 bridgehead atoms. The Hall–Kier alpha value is -1.32. The van der Waals surface area contributed by atoms with Crippen LogP contribution in [0, 0.1) is 12.8 Å². The predicted octanol–water partition coefficient (Wildman–Crippen LogP) is 3.66. The molecule has 0 aliphatic heterocycles. The van der Waals surface area contributed by atoms with Crippen molar-refractivity contribution in [2.45, 2.75) is 65.2 Å². The second-order valence-corrected chi connectivity index (χ2v) is 7.02. The van der Waals surface area contributed by atoms with E-state index in [4.69, 9.17) is 5.73 Å². The summed E-state index contributed by atoms with van der Waals surface area (Å²) in [6.07, 6.45) is 6.81. The van der Waals surface area contributed by atoms with Crippen molar-refractivity contribution in [2.75, 3.05) is 17.6 Å². The Balaban J connectivity index is 2.04. The van der Waals surface area contributed by atoms with Crippen molar-refractivity contribution in [1.82, 2.24) is 9.97 Å². The molecule has 0 atom stereocenters. The van der Waals surface area contributed by atoms with Crippen molar-refractivity contribution in [3.63, 3.8) is 0 Å². The normalized spacial score (nSPS) is 16.6. The Morgan fingerprint density at radius 3 is 2.45 bits per heavy atom. The molecule has 4 nitrogen and oxygen atoms in total. The highest BCUT2D eigenvalue weighted by Crippen LogP contribution is 2.28. The monoisotopic (exact) mass is 276 g/mol. The van der Waals surface area contributed by atoms with E-state index < -0.39 is 0 Å². The standard InChI is InChI=1S/C16H28N4/c1-11-13(17)19-15(16(2,3)4)20-14(11)18-10-9-12-7-5-6-8-12/h12H,5-10H2,1-4H3,(H3,17,18,19,20). The van der Waals surface area contributed by atoms with E-state index in [2.05, 4.69) is 36.1 Å². The van der Waals surface area contributed by atoms with E-state index in [0.29, 0.717) is 5.82 Å². The number of aromatic nitrogens is 2. The van der Waals surface area contributed by atoms with Gasteiger partial charge < -0.3 is 11.1 Å². The predicted molar refractivity (Wildman–Crippen MR) is 84.9 cm³/mol. The van der Waals surface area contributed by atoms with E-state index in [1.54, 1.807) is 0 Å². The van der Waals surface area contributed by atoms with Crippen molar-refractivity contribution >= 4 is 11.6 Å². The number of hydrogen-bond donors (Lipinski definition) is 2. The minimum Gasteiger partial charge on any atom is -0.383 e. The molecule has 112 valence electrons. The van der Waals surface area contributed by atoms with Crippen molar-refractivity contribution in [1.29, 1.82) is 0 Å². The van der Waals surface area contributed by atoms with Crippen LogP contribution in [-0.4, -0.2) is 16.5 Å². The molecule has 1 aliphatic rings. The summed E-state index contributed by atoms with van der Waals surface area (Å²) in [5.41, 5.74) is 6.90. The topological polar surface area (TPSA) is 63.8 Å². The molecule has 3 N–H and O–H groups in total. The lowest BCUT2D eigenvalue weighted by Gasteiger charge is -2.20. The van der Waals surface area contributed by atoms with Crippen LogP contribution < -0.4 is 11.1 Å². The lowest BCUT2D eigenvalue weighted by atomic mass is 9.95. The zero-order chi connectivity index (χ0) is 14.8. The van der Waals surface area contributed by atoms with Gasteiger partial charge >= 0.3 is 0 Å². The van der Waals surface area contributed by atoms with Crippen LogP contribution in [0.25, 0.3) is 0 Å². The summed E-state index contributed by atoms with van der Waals surface area (Å²) in [5, 5.41) is 3.46. The molecule has 0 aromatic carbocycles. The van der Waals surface area contributed by atoms with Crippen LogP contribution >= 0.6 is 0 Å². The van der Waals surface area contributed by atoms with Crippen molar-refractivity contribution < 1.29 is 0 Å². The van der Waals surface area contributed by atoms with Crippen LogP contribution in [0.1, 0.15) is 64.3 Å². The number of nitrogens with zero attached hydrogens (tertiary/aromatic N) is 2. The first-order valence-electron chi connectivity index (χ1n) is 7.76. The van der Waals surface area contributed by atoms with Crippen LogP contribution in [-0.2, 0) is 5.41 Å². The van der Waals surface area contributed by atoms with Gasteiger partial charge in [0.05, 0.1) is 0 Å². The molecule has 4 heteroatoms. The molecular weight excluding hydrogens is 248 g/mol. The Kier molecular flexibility index (Phi) is 4.51. The van der Waals surface area contributed by atoms with Gasteiger partial charge in [0.25, 0.3) is 0 Å². The summed E-state index contributed by atoms with van der Waals surface area (Å²) < 4.78 is 0. The average Bonchev–Trinajstić information content (AvgIpc) is 2.86. The highest BCUT2D eigenvalue weighted by Gasteiger charge is 2.20. The van der Waals surface area contributed by atoms with Crippen LogP contribution in [0.4, 0.5) is 11.6 Å². The zero-order valence-electron chi connectivity index (χ0n) is 13.3. The number of rotatable bonds is 4. The number of hydrogen-bond acceptors (Lipinski definition) is 4. The molecular formula is C16H28N4. The highest BCUT2D eigenvalue weighted by atomic mass is 15.1. The summed E-state index contributed by atoms with van der Waals surface area (Å²) in [5.74, 6) is 3.20. The van der Waals surface area contributed by atoms with Crippen LogP contribution in [0.5, 0.6) is 0 Å². The summed E-state index contributed by atoms with van der Waals surface area (Å²) in [7, 11) is 0. The van der Waals surface area contributed by atoms with Gasteiger partial charge in [-0.25, -0.2) is 9.97 Å². The number of nitrogens with one attached hydrogen (secondary N) is 1. The van der Waals surface area contributed by atoms with Gasteiger partial charge in [0.1, 0.15) is 17.5 Å². The number of anilines is 2. The molecule has 0 unspecified atom stereocenters. The van der Waals surface area contributed by atoms with Gasteiger partial charge in [0, 0.05) is 17.5 Å². The summed E-state index contributed by atoms with van der Waals surface area (Å²) in [6.45, 7) is 9.30. The SMILES string of the molecule is Cc1c(N)nc(C(C)(C)C)nc1NCCC1CCCC1. The highest BCUT2D eigenvalue weighted by molar-refractivity contribution is 5.55. The van der Waals surface area contributed by atoms with E-state index in [1.807, 2.05) is 6.92 Å². The Bertz CT molecular complexity index is 456. The fraction of sp³-hybridized carbons (Fsp3) is 0.750. The second-order valence-electron chi connectivity index (χ2n) is 7.02. The summed E-state index contributed by atoms with van der Waals surface area (Å²) in [4.78, 5) is 9.08. The number of nitrogen functional groups attached to an aromatic ring is 1. The van der Waals surface area contributed by atoms with E-state index in [1.165, 1.54) is 32.1 Å². The van der Waals surface area contributed by atoms with Crippen molar-refractivity contribution in [3.8, 4) is 0 Å². The Morgan fingerprint density at radius 1 is 1.20 bits per heavy atom. The summed E-state index contributed by atoms with van der Waals surface area (Å²) in [6, 6.07) is 0. The van der Waals surface area contributed by atoms with Crippen molar-refractivity contribution in [2.24, 2.45) is 5.92 Å². The third-order valence-corrected chi connectivity index (χ3v) is 4.17.